The van der Waals surface area contributed by atoms with E-state index in [1.807, 2.05) is 19.1 Å². The summed E-state index contributed by atoms with van der Waals surface area (Å²) in [7, 11) is -3.15. The van der Waals surface area contributed by atoms with Crippen LogP contribution in [0.25, 0.3) is 0 Å². The Kier molecular flexibility index (Phi) is 4.85. The number of carbonyl (C=O) groups excluding carboxylic acids is 1. The Hall–Kier alpha value is -1.89. The lowest BCUT2D eigenvalue weighted by atomic mass is 9.97. The average molecular weight is 325 g/mol. The Bertz CT molecular complexity index is 683. The molecule has 1 fully saturated rings. The number of sulfone groups is 1. The summed E-state index contributed by atoms with van der Waals surface area (Å²) >= 11 is 0. The first-order chi connectivity index (χ1) is 10.3. The maximum Gasteiger partial charge on any atom is 0.305 e. The van der Waals surface area contributed by atoms with E-state index in [1.54, 1.807) is 12.1 Å². The van der Waals surface area contributed by atoms with E-state index in [0.29, 0.717) is 6.42 Å². The van der Waals surface area contributed by atoms with Crippen molar-refractivity contribution in [2.24, 2.45) is 5.92 Å². The van der Waals surface area contributed by atoms with Crippen molar-refractivity contribution in [1.82, 2.24) is 5.32 Å². The summed E-state index contributed by atoms with van der Waals surface area (Å²) in [5, 5.41) is 11.8. The first kappa shape index (κ1) is 16.5. The van der Waals surface area contributed by atoms with Crippen LogP contribution in [0.2, 0.25) is 0 Å². The number of amides is 1. The van der Waals surface area contributed by atoms with Crippen molar-refractivity contribution in [3.8, 4) is 0 Å². The zero-order valence-corrected chi connectivity index (χ0v) is 13.1. The molecular weight excluding hydrogens is 306 g/mol. The van der Waals surface area contributed by atoms with Crippen LogP contribution < -0.4 is 5.32 Å². The molecule has 7 heteroatoms. The highest BCUT2D eigenvalue weighted by atomic mass is 32.2. The number of nitrogens with one attached hydrogen (secondary N) is 1. The van der Waals surface area contributed by atoms with Crippen LogP contribution in [-0.4, -0.2) is 36.9 Å². The predicted octanol–water partition coefficient (Wildman–Crippen LogP) is 1.06. The van der Waals surface area contributed by atoms with Gasteiger partial charge in [0, 0.05) is 0 Å². The molecule has 1 amide bonds. The number of carbonyl (C=O) groups is 2. The van der Waals surface area contributed by atoms with Crippen LogP contribution in [0.15, 0.2) is 24.3 Å². The number of carboxylic acid groups (broad SMARTS) is 1. The SMILES string of the molecule is Cc1ccccc1C(CC(=O)O)NC(=O)C1CCS(=O)(=O)C1. The fourth-order valence-corrected chi connectivity index (χ4v) is 4.42. The van der Waals surface area contributed by atoms with Gasteiger partial charge in [0.25, 0.3) is 0 Å². The van der Waals surface area contributed by atoms with Crippen LogP contribution in [0.5, 0.6) is 0 Å². The van der Waals surface area contributed by atoms with E-state index in [0.717, 1.165) is 11.1 Å². The minimum Gasteiger partial charge on any atom is -0.481 e. The third kappa shape index (κ3) is 4.07. The monoisotopic (exact) mass is 325 g/mol. The van der Waals surface area contributed by atoms with Gasteiger partial charge in [0.15, 0.2) is 9.84 Å². The van der Waals surface area contributed by atoms with Crippen LogP contribution in [-0.2, 0) is 19.4 Å². The van der Waals surface area contributed by atoms with Gasteiger partial charge in [-0.15, -0.1) is 0 Å². The van der Waals surface area contributed by atoms with Gasteiger partial charge in [-0.2, -0.15) is 0 Å². The van der Waals surface area contributed by atoms with E-state index in [9.17, 15) is 18.0 Å². The molecule has 120 valence electrons. The maximum atomic E-state index is 12.2. The van der Waals surface area contributed by atoms with Gasteiger partial charge >= 0.3 is 5.97 Å². The summed E-state index contributed by atoms with van der Waals surface area (Å²) in [6.07, 6.45) is 0.0534. The molecule has 6 nitrogen and oxygen atoms in total. The van der Waals surface area contributed by atoms with Crippen LogP contribution >= 0.6 is 0 Å². The molecule has 1 saturated heterocycles. The van der Waals surface area contributed by atoms with Gasteiger partial charge in [-0.25, -0.2) is 8.42 Å². The maximum absolute atomic E-state index is 12.2. The lowest BCUT2D eigenvalue weighted by Gasteiger charge is -2.21. The van der Waals surface area contributed by atoms with E-state index in [1.165, 1.54) is 0 Å². The molecule has 0 saturated carbocycles. The smallest absolute Gasteiger partial charge is 0.305 e. The Morgan fingerprint density at radius 1 is 1.36 bits per heavy atom. The van der Waals surface area contributed by atoms with Crippen molar-refractivity contribution >= 4 is 21.7 Å². The molecule has 0 spiro atoms. The first-order valence-electron chi connectivity index (χ1n) is 7.06. The molecular formula is C15H19NO5S. The molecule has 1 aliphatic rings. The number of hydrogen-bond donors (Lipinski definition) is 2. The van der Waals surface area contributed by atoms with Crippen molar-refractivity contribution < 1.29 is 23.1 Å². The fraction of sp³-hybridized carbons (Fsp3) is 0.467. The summed E-state index contributed by atoms with van der Waals surface area (Å²) < 4.78 is 22.9. The van der Waals surface area contributed by atoms with Crippen molar-refractivity contribution in [3.63, 3.8) is 0 Å². The molecule has 1 aromatic carbocycles. The van der Waals surface area contributed by atoms with Crippen LogP contribution in [0, 0.1) is 12.8 Å². The second-order valence-corrected chi connectivity index (χ2v) is 7.84. The molecule has 0 aliphatic carbocycles. The molecule has 1 aliphatic heterocycles. The van der Waals surface area contributed by atoms with Crippen molar-refractivity contribution in [3.05, 3.63) is 35.4 Å². The Morgan fingerprint density at radius 2 is 2.05 bits per heavy atom. The van der Waals surface area contributed by atoms with E-state index in [4.69, 9.17) is 5.11 Å². The summed E-state index contributed by atoms with van der Waals surface area (Å²) in [5.41, 5.74) is 1.62. The van der Waals surface area contributed by atoms with Crippen LogP contribution in [0.1, 0.15) is 30.0 Å². The molecule has 1 aromatic rings. The molecule has 2 unspecified atom stereocenters. The average Bonchev–Trinajstić information content (AvgIpc) is 2.78. The van der Waals surface area contributed by atoms with Gasteiger partial charge in [0.05, 0.1) is 29.9 Å². The predicted molar refractivity (Wildman–Crippen MR) is 81.1 cm³/mol. The Morgan fingerprint density at radius 3 is 2.59 bits per heavy atom. The summed E-state index contributed by atoms with van der Waals surface area (Å²) in [6.45, 7) is 1.84. The number of aryl methyl sites for hydroxylation is 1. The summed E-state index contributed by atoms with van der Waals surface area (Å²) in [6, 6.07) is 6.57. The number of hydrogen-bond acceptors (Lipinski definition) is 4. The third-order valence-corrected chi connectivity index (χ3v) is 5.63. The minimum absolute atomic E-state index is 0.0129. The number of carboxylic acids is 1. The zero-order chi connectivity index (χ0) is 16.3. The third-order valence-electron chi connectivity index (χ3n) is 3.86. The Balaban J connectivity index is 2.15. The van der Waals surface area contributed by atoms with Gasteiger partial charge in [0.1, 0.15) is 0 Å². The van der Waals surface area contributed by atoms with Crippen molar-refractivity contribution in [2.75, 3.05) is 11.5 Å². The highest BCUT2D eigenvalue weighted by Crippen LogP contribution is 2.24. The van der Waals surface area contributed by atoms with Crippen LogP contribution in [0.3, 0.4) is 0 Å². The topological polar surface area (TPSA) is 101 Å². The summed E-state index contributed by atoms with van der Waals surface area (Å²) in [5.74, 6) is -2.15. The van der Waals surface area contributed by atoms with Gasteiger partial charge < -0.3 is 10.4 Å². The molecule has 2 N–H and O–H groups in total. The van der Waals surface area contributed by atoms with Gasteiger partial charge in [0.2, 0.25) is 5.91 Å². The standard InChI is InChI=1S/C15H19NO5S/c1-10-4-2-3-5-12(10)13(8-14(17)18)16-15(19)11-6-7-22(20,21)9-11/h2-5,11,13H,6-9H2,1H3,(H,16,19)(H,17,18). The quantitative estimate of drug-likeness (QED) is 0.843. The van der Waals surface area contributed by atoms with Gasteiger partial charge in [-0.1, -0.05) is 24.3 Å². The first-order valence-corrected chi connectivity index (χ1v) is 8.89. The highest BCUT2D eigenvalue weighted by molar-refractivity contribution is 7.91. The lowest BCUT2D eigenvalue weighted by molar-refractivity contribution is -0.137. The van der Waals surface area contributed by atoms with Crippen molar-refractivity contribution in [2.45, 2.75) is 25.8 Å². The molecule has 0 bridgehead atoms. The fourth-order valence-electron chi connectivity index (χ4n) is 2.68. The molecule has 2 atom stereocenters. The second kappa shape index (κ2) is 6.48. The second-order valence-electron chi connectivity index (χ2n) is 5.62. The number of aliphatic carboxylic acids is 1. The molecule has 0 aromatic heterocycles. The molecule has 22 heavy (non-hydrogen) atoms. The highest BCUT2D eigenvalue weighted by Gasteiger charge is 2.34. The normalized spacial score (nSPS) is 21.2. The Labute approximate surface area is 129 Å². The van der Waals surface area contributed by atoms with Crippen molar-refractivity contribution in [1.29, 1.82) is 0 Å². The minimum atomic E-state index is -3.15. The van der Waals surface area contributed by atoms with E-state index in [-0.39, 0.29) is 17.9 Å². The van der Waals surface area contributed by atoms with Crippen LogP contribution in [0.4, 0.5) is 0 Å². The molecule has 1 heterocycles. The molecule has 2 rings (SSSR count). The number of rotatable bonds is 5. The van der Waals surface area contributed by atoms with E-state index in [2.05, 4.69) is 5.32 Å². The largest absolute Gasteiger partial charge is 0.481 e. The summed E-state index contributed by atoms with van der Waals surface area (Å²) in [4.78, 5) is 23.3. The van der Waals surface area contributed by atoms with Gasteiger partial charge in [-0.05, 0) is 24.5 Å². The van der Waals surface area contributed by atoms with Gasteiger partial charge in [-0.3, -0.25) is 9.59 Å². The zero-order valence-electron chi connectivity index (χ0n) is 12.3. The lowest BCUT2D eigenvalue weighted by Crippen LogP contribution is -2.35. The molecule has 0 radical (unpaired) electrons. The number of benzene rings is 1. The van der Waals surface area contributed by atoms with E-state index < -0.39 is 33.7 Å². The van der Waals surface area contributed by atoms with E-state index >= 15 is 0 Å².